The smallest absolute Gasteiger partial charge is 0.231 e. The standard InChI is InChI=1S/C20H19FN4O2/c1-13-8-19(22-10-14-6-7-17-18(9-14)27-12-26-17)25-20(24-13)23-11-15-4-2-3-5-16(15)21/h2-9H,10-12H2,1H3,(H2,22,23,24,25). The first kappa shape index (κ1) is 17.1. The normalized spacial score (nSPS) is 12.1. The van der Waals surface area contributed by atoms with Gasteiger partial charge in [0.05, 0.1) is 0 Å². The summed E-state index contributed by atoms with van der Waals surface area (Å²) >= 11 is 0. The predicted octanol–water partition coefficient (Wildman–Crippen LogP) is 3.88. The molecule has 6 nitrogen and oxygen atoms in total. The highest BCUT2D eigenvalue weighted by Crippen LogP contribution is 2.32. The number of benzene rings is 2. The molecule has 0 fully saturated rings. The molecule has 4 rings (SSSR count). The van der Waals surface area contributed by atoms with Crippen molar-refractivity contribution < 1.29 is 13.9 Å². The lowest BCUT2D eigenvalue weighted by Gasteiger charge is -2.11. The Bertz CT molecular complexity index is 964. The van der Waals surface area contributed by atoms with Gasteiger partial charge in [-0.15, -0.1) is 0 Å². The number of aromatic nitrogens is 2. The molecule has 27 heavy (non-hydrogen) atoms. The Morgan fingerprint density at radius 3 is 2.70 bits per heavy atom. The predicted molar refractivity (Wildman–Crippen MR) is 100 cm³/mol. The molecule has 0 radical (unpaired) electrons. The van der Waals surface area contributed by atoms with Crippen LogP contribution in [0.15, 0.2) is 48.5 Å². The van der Waals surface area contributed by atoms with Crippen LogP contribution in [-0.2, 0) is 13.1 Å². The number of ether oxygens (including phenoxy) is 2. The molecule has 138 valence electrons. The van der Waals surface area contributed by atoms with E-state index in [1.54, 1.807) is 18.2 Å². The summed E-state index contributed by atoms with van der Waals surface area (Å²) in [6, 6.07) is 14.3. The molecule has 1 aliphatic heterocycles. The van der Waals surface area contributed by atoms with Gasteiger partial charge >= 0.3 is 0 Å². The monoisotopic (exact) mass is 366 g/mol. The second-order valence-electron chi connectivity index (χ2n) is 6.20. The minimum absolute atomic E-state index is 0.251. The van der Waals surface area contributed by atoms with Gasteiger partial charge in [0, 0.05) is 30.4 Å². The van der Waals surface area contributed by atoms with Gasteiger partial charge in [-0.1, -0.05) is 24.3 Å². The number of rotatable bonds is 6. The molecule has 0 saturated heterocycles. The third kappa shape index (κ3) is 4.08. The van der Waals surface area contributed by atoms with Gasteiger partial charge in [0.25, 0.3) is 0 Å². The number of hydrogen-bond acceptors (Lipinski definition) is 6. The highest BCUT2D eigenvalue weighted by Gasteiger charge is 2.13. The van der Waals surface area contributed by atoms with Gasteiger partial charge in [-0.25, -0.2) is 9.37 Å². The van der Waals surface area contributed by atoms with E-state index in [2.05, 4.69) is 20.6 Å². The van der Waals surface area contributed by atoms with Gasteiger partial charge in [-0.3, -0.25) is 0 Å². The molecule has 2 aromatic carbocycles. The third-order valence-corrected chi connectivity index (χ3v) is 4.16. The lowest BCUT2D eigenvalue weighted by atomic mass is 10.2. The van der Waals surface area contributed by atoms with Crippen LogP contribution in [-0.4, -0.2) is 16.8 Å². The molecular formula is C20H19FN4O2. The van der Waals surface area contributed by atoms with E-state index in [1.807, 2.05) is 31.2 Å². The Labute approximate surface area is 156 Å². The van der Waals surface area contributed by atoms with Crippen molar-refractivity contribution in [3.05, 3.63) is 71.2 Å². The molecule has 1 aromatic heterocycles. The van der Waals surface area contributed by atoms with Crippen molar-refractivity contribution in [3.63, 3.8) is 0 Å². The van der Waals surface area contributed by atoms with E-state index in [0.29, 0.717) is 30.4 Å². The summed E-state index contributed by atoms with van der Waals surface area (Å²) in [5, 5.41) is 6.36. The second-order valence-corrected chi connectivity index (χ2v) is 6.20. The first-order valence-corrected chi connectivity index (χ1v) is 8.63. The quantitative estimate of drug-likeness (QED) is 0.690. The minimum atomic E-state index is -0.251. The molecule has 0 aliphatic carbocycles. The number of nitrogens with one attached hydrogen (secondary N) is 2. The maximum absolute atomic E-state index is 13.7. The number of aryl methyl sites for hydroxylation is 1. The van der Waals surface area contributed by atoms with Crippen molar-refractivity contribution in [1.82, 2.24) is 9.97 Å². The van der Waals surface area contributed by atoms with Crippen LogP contribution in [0.1, 0.15) is 16.8 Å². The van der Waals surface area contributed by atoms with E-state index in [0.717, 1.165) is 22.8 Å². The van der Waals surface area contributed by atoms with Crippen LogP contribution in [0.25, 0.3) is 0 Å². The molecule has 0 spiro atoms. The van der Waals surface area contributed by atoms with Crippen molar-refractivity contribution in [2.45, 2.75) is 20.0 Å². The van der Waals surface area contributed by atoms with Gasteiger partial charge < -0.3 is 20.1 Å². The summed E-state index contributed by atoms with van der Waals surface area (Å²) in [4.78, 5) is 8.81. The number of nitrogens with zero attached hydrogens (tertiary/aromatic N) is 2. The van der Waals surface area contributed by atoms with E-state index in [4.69, 9.17) is 9.47 Å². The molecule has 0 amide bonds. The third-order valence-electron chi connectivity index (χ3n) is 4.16. The lowest BCUT2D eigenvalue weighted by molar-refractivity contribution is 0.174. The molecule has 2 N–H and O–H groups in total. The molecule has 0 unspecified atom stereocenters. The van der Waals surface area contributed by atoms with Crippen LogP contribution in [0.3, 0.4) is 0 Å². The average molecular weight is 366 g/mol. The summed E-state index contributed by atoms with van der Waals surface area (Å²) in [6.07, 6.45) is 0. The van der Waals surface area contributed by atoms with E-state index >= 15 is 0 Å². The van der Waals surface area contributed by atoms with E-state index < -0.39 is 0 Å². The van der Waals surface area contributed by atoms with Gasteiger partial charge in [-0.05, 0) is 30.7 Å². The summed E-state index contributed by atoms with van der Waals surface area (Å²) in [6.45, 7) is 3.05. The van der Waals surface area contributed by atoms with Crippen LogP contribution < -0.4 is 20.1 Å². The minimum Gasteiger partial charge on any atom is -0.454 e. The van der Waals surface area contributed by atoms with E-state index in [9.17, 15) is 4.39 Å². The summed E-state index contributed by atoms with van der Waals surface area (Å²) in [5.74, 6) is 2.40. The fourth-order valence-corrected chi connectivity index (χ4v) is 2.80. The maximum atomic E-state index is 13.7. The molecule has 7 heteroatoms. The number of halogens is 1. The average Bonchev–Trinajstić information content (AvgIpc) is 3.13. The molecule has 0 atom stereocenters. The van der Waals surface area contributed by atoms with E-state index in [1.165, 1.54) is 6.07 Å². The van der Waals surface area contributed by atoms with Crippen LogP contribution in [0.5, 0.6) is 11.5 Å². The molecule has 3 aromatic rings. The summed E-state index contributed by atoms with van der Waals surface area (Å²) < 4.78 is 24.5. The van der Waals surface area contributed by atoms with Crippen molar-refractivity contribution in [1.29, 1.82) is 0 Å². The van der Waals surface area contributed by atoms with Crippen LogP contribution in [0, 0.1) is 12.7 Å². The molecule has 1 aliphatic rings. The van der Waals surface area contributed by atoms with Gasteiger partial charge in [0.15, 0.2) is 11.5 Å². The topological polar surface area (TPSA) is 68.3 Å². The SMILES string of the molecule is Cc1cc(NCc2ccc3c(c2)OCO3)nc(NCc2ccccc2F)n1. The van der Waals surface area contributed by atoms with Gasteiger partial charge in [0.1, 0.15) is 11.6 Å². The summed E-state index contributed by atoms with van der Waals surface area (Å²) in [7, 11) is 0. The van der Waals surface area contributed by atoms with Crippen LogP contribution >= 0.6 is 0 Å². The van der Waals surface area contributed by atoms with Crippen molar-refractivity contribution in [2.75, 3.05) is 17.4 Å². The first-order chi connectivity index (χ1) is 13.2. The Morgan fingerprint density at radius 2 is 1.81 bits per heavy atom. The van der Waals surface area contributed by atoms with E-state index in [-0.39, 0.29) is 12.6 Å². The molecular weight excluding hydrogens is 347 g/mol. The fourth-order valence-electron chi connectivity index (χ4n) is 2.80. The number of hydrogen-bond donors (Lipinski definition) is 2. The highest BCUT2D eigenvalue weighted by molar-refractivity contribution is 5.47. The van der Waals surface area contributed by atoms with Crippen LogP contribution in [0.2, 0.25) is 0 Å². The molecule has 2 heterocycles. The van der Waals surface area contributed by atoms with Gasteiger partial charge in [0.2, 0.25) is 12.7 Å². The Hall–Kier alpha value is -3.35. The Morgan fingerprint density at radius 1 is 0.963 bits per heavy atom. The highest BCUT2D eigenvalue weighted by atomic mass is 19.1. The fraction of sp³-hybridized carbons (Fsp3) is 0.200. The zero-order chi connectivity index (χ0) is 18.6. The largest absolute Gasteiger partial charge is 0.454 e. The van der Waals surface area contributed by atoms with Crippen molar-refractivity contribution >= 4 is 11.8 Å². The maximum Gasteiger partial charge on any atom is 0.231 e. The Balaban J connectivity index is 1.42. The summed E-state index contributed by atoms with van der Waals surface area (Å²) in [5.41, 5.74) is 2.43. The molecule has 0 saturated carbocycles. The zero-order valence-corrected chi connectivity index (χ0v) is 14.8. The number of anilines is 2. The zero-order valence-electron chi connectivity index (χ0n) is 14.8. The van der Waals surface area contributed by atoms with Gasteiger partial charge in [-0.2, -0.15) is 4.98 Å². The lowest BCUT2D eigenvalue weighted by Crippen LogP contribution is -2.08. The molecule has 0 bridgehead atoms. The second kappa shape index (κ2) is 7.49. The van der Waals surface area contributed by atoms with Crippen molar-refractivity contribution in [2.24, 2.45) is 0 Å². The first-order valence-electron chi connectivity index (χ1n) is 8.63. The van der Waals surface area contributed by atoms with Crippen LogP contribution in [0.4, 0.5) is 16.2 Å². The number of fused-ring (bicyclic) bond motifs is 1. The van der Waals surface area contributed by atoms with Crippen molar-refractivity contribution in [3.8, 4) is 11.5 Å². The Kier molecular flexibility index (Phi) is 4.74.